The molecule has 10 rings (SSSR count). The quantitative estimate of drug-likeness (QED) is 0.208. The van der Waals surface area contributed by atoms with Crippen molar-refractivity contribution >= 4 is 17.7 Å². The normalized spacial score (nSPS) is 40.0. The van der Waals surface area contributed by atoms with Gasteiger partial charge in [-0.1, -0.05) is 83.8 Å². The van der Waals surface area contributed by atoms with Gasteiger partial charge in [-0.3, -0.25) is 14.4 Å². The van der Waals surface area contributed by atoms with Gasteiger partial charge in [0.05, 0.1) is 6.10 Å². The fourth-order valence-electron chi connectivity index (χ4n) is 15.9. The molecule has 0 radical (unpaired) electrons. The molecule has 59 heavy (non-hydrogen) atoms. The van der Waals surface area contributed by atoms with E-state index in [1.807, 2.05) is 12.1 Å². The molecule has 0 aromatic heterocycles. The van der Waals surface area contributed by atoms with Crippen molar-refractivity contribution in [3.8, 4) is 5.75 Å². The summed E-state index contributed by atoms with van der Waals surface area (Å²) >= 11 is 0. The molecular formula is C53H76O6. The first-order chi connectivity index (χ1) is 28.4. The highest BCUT2D eigenvalue weighted by Crippen LogP contribution is 2.66. The van der Waals surface area contributed by atoms with Gasteiger partial charge < -0.3 is 14.6 Å². The average molecular weight is 809 g/mol. The summed E-state index contributed by atoms with van der Waals surface area (Å²) in [6, 6.07) is 6.39. The predicted molar refractivity (Wildman–Crippen MR) is 232 cm³/mol. The number of rotatable bonds is 8. The summed E-state index contributed by atoms with van der Waals surface area (Å²) in [7, 11) is 0. The van der Waals surface area contributed by atoms with Crippen LogP contribution in [0.3, 0.4) is 0 Å². The lowest BCUT2D eigenvalue weighted by atomic mass is 9.47. The molecule has 9 aliphatic carbocycles. The minimum absolute atomic E-state index is 0.0579. The van der Waals surface area contributed by atoms with Crippen molar-refractivity contribution in [3.63, 3.8) is 0 Å². The molecule has 0 saturated heterocycles. The fraction of sp³-hybridized carbons (Fsp3) is 0.792. The number of fused-ring (bicyclic) bond motifs is 10. The largest absolute Gasteiger partial charge is 0.462 e. The van der Waals surface area contributed by atoms with E-state index < -0.39 is 0 Å². The standard InChI is InChI=1S/C27H40O3.C26H36O3/c1-26-15-13-20(28)17-19(26)8-9-21-22-10-11-24(27(22,2)16-14-23(21)26)30-25(29)12-7-18-5-3-4-6-18;1-26-15-14-21-20-10-8-19(29-25(28)13-6-17-4-2-3-5-17)16-18(20)7-9-22(21)23(26)11-12-24(26)27/h17-18,21-24H,3-16H2,1-2H3;8,10,16-17,21-24,27H,2-7,9,11-15H2,1H3/t21-,22-,23-,24-,26-,27-;21?,22?,23?,24-,26-/m00/s1. The van der Waals surface area contributed by atoms with Gasteiger partial charge in [0.1, 0.15) is 11.9 Å². The summed E-state index contributed by atoms with van der Waals surface area (Å²) in [6.45, 7) is 7.20. The minimum Gasteiger partial charge on any atom is -0.462 e. The first kappa shape index (κ1) is 41.9. The Balaban J connectivity index is 0.000000152. The smallest absolute Gasteiger partial charge is 0.311 e. The Morgan fingerprint density at radius 1 is 0.678 bits per heavy atom. The van der Waals surface area contributed by atoms with E-state index in [0.717, 1.165) is 81.3 Å². The Bertz CT molecular complexity index is 1750. The lowest BCUT2D eigenvalue weighted by Crippen LogP contribution is -2.51. The van der Waals surface area contributed by atoms with Crippen LogP contribution < -0.4 is 4.74 Å². The van der Waals surface area contributed by atoms with Gasteiger partial charge in [-0.05, 0) is 184 Å². The number of ketones is 1. The van der Waals surface area contributed by atoms with E-state index in [9.17, 15) is 19.5 Å². The molecule has 1 aromatic rings. The van der Waals surface area contributed by atoms with Gasteiger partial charge in [-0.15, -0.1) is 0 Å². The maximum atomic E-state index is 12.7. The summed E-state index contributed by atoms with van der Waals surface area (Å²) in [4.78, 5) is 37.0. The molecule has 7 fully saturated rings. The lowest BCUT2D eigenvalue weighted by molar-refractivity contribution is -0.160. The summed E-state index contributed by atoms with van der Waals surface area (Å²) in [5.41, 5.74) is 4.83. The summed E-state index contributed by atoms with van der Waals surface area (Å²) in [5.74, 6) is 6.66. The maximum Gasteiger partial charge on any atom is 0.311 e. The van der Waals surface area contributed by atoms with Crippen LogP contribution in [-0.2, 0) is 25.5 Å². The van der Waals surface area contributed by atoms with E-state index >= 15 is 0 Å². The van der Waals surface area contributed by atoms with Crippen LogP contribution in [0.5, 0.6) is 5.75 Å². The Kier molecular flexibility index (Phi) is 12.1. The number of allylic oxidation sites excluding steroid dienone is 1. The van der Waals surface area contributed by atoms with Gasteiger partial charge in [0.15, 0.2) is 5.78 Å². The minimum atomic E-state index is -0.110. The molecule has 1 N–H and O–H groups in total. The van der Waals surface area contributed by atoms with Crippen LogP contribution in [-0.4, -0.2) is 35.0 Å². The van der Waals surface area contributed by atoms with Crippen LogP contribution in [0.2, 0.25) is 0 Å². The second-order valence-electron chi connectivity index (χ2n) is 22.3. The Labute approximate surface area is 355 Å². The summed E-state index contributed by atoms with van der Waals surface area (Å²) in [6.07, 6.45) is 31.3. The molecule has 0 spiro atoms. The molecule has 0 aliphatic heterocycles. The van der Waals surface area contributed by atoms with E-state index in [1.165, 1.54) is 113 Å². The molecule has 6 heteroatoms. The summed E-state index contributed by atoms with van der Waals surface area (Å²) in [5, 5.41) is 10.6. The zero-order valence-electron chi connectivity index (χ0n) is 37.0. The number of esters is 2. The van der Waals surface area contributed by atoms with Crippen molar-refractivity contribution in [2.45, 2.75) is 206 Å². The van der Waals surface area contributed by atoms with Crippen molar-refractivity contribution in [1.29, 1.82) is 0 Å². The van der Waals surface area contributed by atoms with Gasteiger partial charge in [-0.25, -0.2) is 0 Å². The zero-order chi connectivity index (χ0) is 40.9. The Morgan fingerprint density at radius 3 is 2.08 bits per heavy atom. The topological polar surface area (TPSA) is 89.9 Å². The number of hydrogen-bond acceptors (Lipinski definition) is 6. The van der Waals surface area contributed by atoms with Gasteiger partial charge in [0.2, 0.25) is 0 Å². The van der Waals surface area contributed by atoms with Crippen molar-refractivity contribution in [2.24, 2.45) is 57.7 Å². The van der Waals surface area contributed by atoms with Gasteiger partial charge in [0.25, 0.3) is 0 Å². The first-order valence-corrected chi connectivity index (χ1v) is 24.9. The number of benzene rings is 1. The average Bonchev–Trinajstić information content (AvgIpc) is 4.05. The number of hydrogen-bond donors (Lipinski definition) is 1. The number of ether oxygens (including phenoxy) is 2. The van der Waals surface area contributed by atoms with Gasteiger partial charge in [0, 0.05) is 24.7 Å². The molecule has 0 heterocycles. The van der Waals surface area contributed by atoms with Crippen molar-refractivity contribution in [2.75, 3.05) is 0 Å². The number of aryl methyl sites for hydroxylation is 1. The molecule has 1 aromatic carbocycles. The molecular weight excluding hydrogens is 733 g/mol. The molecule has 7 saturated carbocycles. The van der Waals surface area contributed by atoms with Crippen LogP contribution in [0.15, 0.2) is 29.8 Å². The molecule has 3 unspecified atom stereocenters. The van der Waals surface area contributed by atoms with Crippen LogP contribution in [0.25, 0.3) is 0 Å². The lowest BCUT2D eigenvalue weighted by Gasteiger charge is -2.57. The summed E-state index contributed by atoms with van der Waals surface area (Å²) < 4.78 is 11.9. The number of aliphatic hydroxyl groups is 1. The molecule has 6 nitrogen and oxygen atoms in total. The SMILES string of the molecule is C[C@]12CCC3c4ccc(OC(=O)CCC5CCCC5)cc4CCC3C1CC[C@@H]2O.C[C@]12CC[C@H]3[C@@H](CCC4=CC(=O)CC[C@@]43C)[C@@H]1CC[C@@H]2OC(=O)CCC1CCCC1. The highest BCUT2D eigenvalue weighted by Gasteiger charge is 2.60. The first-order valence-electron chi connectivity index (χ1n) is 24.9. The van der Waals surface area contributed by atoms with Crippen molar-refractivity contribution < 1.29 is 29.0 Å². The zero-order valence-corrected chi connectivity index (χ0v) is 37.0. The number of aliphatic hydroxyl groups excluding tert-OH is 1. The van der Waals surface area contributed by atoms with E-state index in [-0.39, 0.29) is 40.4 Å². The monoisotopic (exact) mass is 809 g/mol. The third-order valence-electron chi connectivity index (χ3n) is 19.5. The highest BCUT2D eigenvalue weighted by atomic mass is 16.5. The highest BCUT2D eigenvalue weighted by molar-refractivity contribution is 5.91. The molecule has 324 valence electrons. The molecule has 0 bridgehead atoms. The van der Waals surface area contributed by atoms with Crippen molar-refractivity contribution in [1.82, 2.24) is 0 Å². The fourth-order valence-corrected chi connectivity index (χ4v) is 15.9. The van der Waals surface area contributed by atoms with Gasteiger partial charge >= 0.3 is 11.9 Å². The van der Waals surface area contributed by atoms with Crippen molar-refractivity contribution in [3.05, 3.63) is 41.0 Å². The second-order valence-corrected chi connectivity index (χ2v) is 22.3. The molecule has 11 atom stereocenters. The van der Waals surface area contributed by atoms with E-state index in [1.54, 1.807) is 0 Å². The molecule has 9 aliphatic rings. The Hall–Kier alpha value is -2.47. The van der Waals surface area contributed by atoms with E-state index in [0.29, 0.717) is 48.2 Å². The van der Waals surface area contributed by atoms with Crippen LogP contribution in [0, 0.1) is 57.7 Å². The Morgan fingerprint density at radius 2 is 1.34 bits per heavy atom. The second kappa shape index (κ2) is 17.0. The van der Waals surface area contributed by atoms with Crippen LogP contribution in [0.1, 0.15) is 198 Å². The molecule has 0 amide bonds. The predicted octanol–water partition coefficient (Wildman–Crippen LogP) is 12.2. The van der Waals surface area contributed by atoms with E-state index in [2.05, 4.69) is 32.9 Å². The van der Waals surface area contributed by atoms with Crippen LogP contribution >= 0.6 is 0 Å². The van der Waals surface area contributed by atoms with Crippen LogP contribution in [0.4, 0.5) is 0 Å². The van der Waals surface area contributed by atoms with E-state index in [4.69, 9.17) is 9.47 Å². The third kappa shape index (κ3) is 8.06. The number of carbonyl (C=O) groups excluding carboxylic acids is 3. The maximum absolute atomic E-state index is 12.7. The third-order valence-corrected chi connectivity index (χ3v) is 19.5. The number of carbonyl (C=O) groups is 3. The van der Waals surface area contributed by atoms with Gasteiger partial charge in [-0.2, -0.15) is 0 Å².